The molecule has 0 bridgehead atoms. The van der Waals surface area contributed by atoms with E-state index in [2.05, 4.69) is 27.0 Å². The molecular formula is C11H14BrNO2S. The second-order valence-corrected chi connectivity index (χ2v) is 5.55. The number of carboxylic acid groups (broad SMARTS) is 1. The summed E-state index contributed by atoms with van der Waals surface area (Å²) in [6, 6.07) is 0. The lowest BCUT2D eigenvalue weighted by Crippen LogP contribution is -1.93. The van der Waals surface area contributed by atoms with E-state index in [-0.39, 0.29) is 6.42 Å². The molecule has 0 aromatic carbocycles. The zero-order valence-corrected chi connectivity index (χ0v) is 11.3. The Morgan fingerprint density at radius 2 is 2.31 bits per heavy atom. The molecule has 1 aromatic rings. The van der Waals surface area contributed by atoms with E-state index in [4.69, 9.17) is 5.11 Å². The van der Waals surface area contributed by atoms with Crippen molar-refractivity contribution in [2.75, 3.05) is 0 Å². The van der Waals surface area contributed by atoms with Gasteiger partial charge < -0.3 is 5.11 Å². The molecule has 0 spiro atoms. The fourth-order valence-corrected chi connectivity index (χ4v) is 2.25. The Labute approximate surface area is 107 Å². The highest BCUT2D eigenvalue weighted by atomic mass is 79.9. The van der Waals surface area contributed by atoms with Gasteiger partial charge in [-0.05, 0) is 41.3 Å². The Morgan fingerprint density at radius 1 is 1.50 bits per heavy atom. The van der Waals surface area contributed by atoms with Crippen LogP contribution in [0, 0.1) is 0 Å². The summed E-state index contributed by atoms with van der Waals surface area (Å²) in [6.07, 6.45) is 8.12. The maximum Gasteiger partial charge on any atom is 0.303 e. The van der Waals surface area contributed by atoms with Crippen LogP contribution in [0.15, 0.2) is 15.4 Å². The summed E-state index contributed by atoms with van der Waals surface area (Å²) in [5.74, 6) is -0.706. The number of nitrogens with zero attached hydrogens (tertiary/aromatic N) is 1. The van der Waals surface area contributed by atoms with Crippen molar-refractivity contribution in [3.8, 4) is 0 Å². The molecule has 0 aliphatic carbocycles. The maximum atomic E-state index is 10.2. The lowest BCUT2D eigenvalue weighted by molar-refractivity contribution is -0.137. The van der Waals surface area contributed by atoms with Gasteiger partial charge in [0.15, 0.2) is 3.92 Å². The molecule has 88 valence electrons. The first-order valence-electron chi connectivity index (χ1n) is 5.18. The first-order valence-corrected chi connectivity index (χ1v) is 6.85. The maximum absolute atomic E-state index is 10.2. The standard InChI is InChI=1S/C11H14BrNO2S/c12-11-13-9(8-16-11)6-4-2-1-3-5-7-10(14)15/h4,6,8H,1-3,5,7H2,(H,14,15)/b6-4+. The van der Waals surface area contributed by atoms with Gasteiger partial charge in [-0.2, -0.15) is 0 Å². The van der Waals surface area contributed by atoms with Gasteiger partial charge in [-0.1, -0.05) is 12.5 Å². The Hall–Kier alpha value is -0.680. The monoisotopic (exact) mass is 303 g/mol. The minimum absolute atomic E-state index is 0.281. The second kappa shape index (κ2) is 7.57. The Balaban J connectivity index is 2.07. The summed E-state index contributed by atoms with van der Waals surface area (Å²) >= 11 is 4.88. The Bertz CT molecular complexity index is 363. The quantitative estimate of drug-likeness (QED) is 0.776. The van der Waals surface area contributed by atoms with E-state index in [1.54, 1.807) is 11.3 Å². The van der Waals surface area contributed by atoms with Gasteiger partial charge in [-0.3, -0.25) is 4.79 Å². The van der Waals surface area contributed by atoms with Crippen LogP contribution in [0.1, 0.15) is 37.8 Å². The van der Waals surface area contributed by atoms with E-state index >= 15 is 0 Å². The van der Waals surface area contributed by atoms with Crippen molar-refractivity contribution >= 4 is 39.3 Å². The van der Waals surface area contributed by atoms with Crippen molar-refractivity contribution in [2.24, 2.45) is 0 Å². The van der Waals surface area contributed by atoms with Gasteiger partial charge in [0.2, 0.25) is 0 Å². The topological polar surface area (TPSA) is 50.2 Å². The second-order valence-electron chi connectivity index (χ2n) is 3.42. The zero-order chi connectivity index (χ0) is 11.8. The van der Waals surface area contributed by atoms with E-state index in [1.807, 2.05) is 11.5 Å². The molecule has 0 aliphatic heterocycles. The summed E-state index contributed by atoms with van der Waals surface area (Å²) in [6.45, 7) is 0. The number of rotatable bonds is 7. The largest absolute Gasteiger partial charge is 0.481 e. The van der Waals surface area contributed by atoms with Crippen LogP contribution in [0.5, 0.6) is 0 Å². The van der Waals surface area contributed by atoms with Crippen molar-refractivity contribution in [1.82, 2.24) is 4.98 Å². The van der Waals surface area contributed by atoms with Crippen LogP contribution in [0.25, 0.3) is 6.08 Å². The highest BCUT2D eigenvalue weighted by Crippen LogP contribution is 2.17. The average molecular weight is 304 g/mol. The number of halogens is 1. The van der Waals surface area contributed by atoms with Crippen LogP contribution in [-0.4, -0.2) is 16.1 Å². The van der Waals surface area contributed by atoms with Crippen molar-refractivity contribution in [2.45, 2.75) is 32.1 Å². The first-order chi connectivity index (χ1) is 7.68. The highest BCUT2D eigenvalue weighted by Gasteiger charge is 1.96. The Kier molecular flexibility index (Phi) is 6.33. The van der Waals surface area contributed by atoms with Crippen molar-refractivity contribution in [3.63, 3.8) is 0 Å². The third-order valence-electron chi connectivity index (χ3n) is 2.04. The number of hydrogen-bond acceptors (Lipinski definition) is 3. The van der Waals surface area contributed by atoms with Gasteiger partial charge in [-0.15, -0.1) is 11.3 Å². The molecule has 0 fully saturated rings. The third-order valence-corrected chi connectivity index (χ3v) is 3.43. The third kappa shape index (κ3) is 6.02. The van der Waals surface area contributed by atoms with E-state index < -0.39 is 5.97 Å². The molecule has 5 heteroatoms. The van der Waals surface area contributed by atoms with Gasteiger partial charge in [0.05, 0.1) is 5.69 Å². The molecule has 3 nitrogen and oxygen atoms in total. The zero-order valence-electron chi connectivity index (χ0n) is 8.86. The molecule has 1 rings (SSSR count). The molecule has 0 unspecified atom stereocenters. The number of hydrogen-bond donors (Lipinski definition) is 1. The molecule has 0 radical (unpaired) electrons. The van der Waals surface area contributed by atoms with Crippen molar-refractivity contribution < 1.29 is 9.90 Å². The molecular weight excluding hydrogens is 290 g/mol. The highest BCUT2D eigenvalue weighted by molar-refractivity contribution is 9.11. The van der Waals surface area contributed by atoms with Crippen LogP contribution in [-0.2, 0) is 4.79 Å². The lowest BCUT2D eigenvalue weighted by Gasteiger charge is -1.94. The SMILES string of the molecule is O=C(O)CCCCC/C=C/c1csc(Br)n1. The normalized spacial score (nSPS) is 11.1. The molecule has 0 saturated carbocycles. The summed E-state index contributed by atoms with van der Waals surface area (Å²) in [5.41, 5.74) is 0.974. The molecule has 0 aliphatic rings. The average Bonchev–Trinajstić information content (AvgIpc) is 2.62. The summed E-state index contributed by atoms with van der Waals surface area (Å²) in [4.78, 5) is 14.5. The van der Waals surface area contributed by atoms with Crippen molar-refractivity contribution in [3.05, 3.63) is 21.1 Å². The number of carboxylic acids is 1. The minimum Gasteiger partial charge on any atom is -0.481 e. The molecule has 1 heterocycles. The molecule has 0 atom stereocenters. The molecule has 0 amide bonds. The first kappa shape index (κ1) is 13.4. The van der Waals surface area contributed by atoms with Crippen LogP contribution in [0.3, 0.4) is 0 Å². The van der Waals surface area contributed by atoms with Crippen LogP contribution in [0.4, 0.5) is 0 Å². The lowest BCUT2D eigenvalue weighted by atomic mass is 10.1. The number of allylic oxidation sites excluding steroid dienone is 1. The number of carbonyl (C=O) groups is 1. The number of unbranched alkanes of at least 4 members (excludes halogenated alkanes) is 3. The molecule has 16 heavy (non-hydrogen) atoms. The van der Waals surface area contributed by atoms with E-state index in [0.717, 1.165) is 35.3 Å². The molecule has 1 aromatic heterocycles. The minimum atomic E-state index is -0.706. The molecule has 0 saturated heterocycles. The summed E-state index contributed by atoms with van der Waals surface area (Å²) in [7, 11) is 0. The number of aromatic nitrogens is 1. The van der Waals surface area contributed by atoms with Gasteiger partial charge in [0, 0.05) is 11.8 Å². The fraction of sp³-hybridized carbons (Fsp3) is 0.455. The number of aliphatic carboxylic acids is 1. The van der Waals surface area contributed by atoms with E-state index in [9.17, 15) is 4.79 Å². The van der Waals surface area contributed by atoms with Gasteiger partial charge >= 0.3 is 5.97 Å². The summed E-state index contributed by atoms with van der Waals surface area (Å²) < 4.78 is 0.897. The molecule has 1 N–H and O–H groups in total. The van der Waals surface area contributed by atoms with Crippen LogP contribution in [0.2, 0.25) is 0 Å². The smallest absolute Gasteiger partial charge is 0.303 e. The fourth-order valence-electron chi connectivity index (χ4n) is 1.26. The summed E-state index contributed by atoms with van der Waals surface area (Å²) in [5, 5.41) is 10.4. The van der Waals surface area contributed by atoms with E-state index in [0.29, 0.717) is 0 Å². The van der Waals surface area contributed by atoms with E-state index in [1.165, 1.54) is 0 Å². The van der Waals surface area contributed by atoms with Gasteiger partial charge in [0.25, 0.3) is 0 Å². The van der Waals surface area contributed by atoms with Crippen molar-refractivity contribution in [1.29, 1.82) is 0 Å². The van der Waals surface area contributed by atoms with Gasteiger partial charge in [0.1, 0.15) is 0 Å². The number of thiazole rings is 1. The predicted octanol–water partition coefficient (Wildman–Crippen LogP) is 3.95. The predicted molar refractivity (Wildman–Crippen MR) is 69.6 cm³/mol. The van der Waals surface area contributed by atoms with Crippen LogP contribution >= 0.6 is 27.3 Å². The van der Waals surface area contributed by atoms with Gasteiger partial charge in [-0.25, -0.2) is 4.98 Å². The Morgan fingerprint density at radius 3 is 2.94 bits per heavy atom. The van der Waals surface area contributed by atoms with Crippen LogP contribution < -0.4 is 0 Å².